The van der Waals surface area contributed by atoms with E-state index in [4.69, 9.17) is 18.6 Å². The van der Waals surface area contributed by atoms with Crippen LogP contribution in [0.2, 0.25) is 0 Å². The number of nitrogens with zero attached hydrogens (tertiary/aromatic N) is 2. The molecule has 0 saturated heterocycles. The zero-order chi connectivity index (χ0) is 18.8. The van der Waals surface area contributed by atoms with Crippen molar-refractivity contribution in [3.63, 3.8) is 0 Å². The highest BCUT2D eigenvalue weighted by atomic mass is 16.5. The predicted molar refractivity (Wildman–Crippen MR) is 95.1 cm³/mol. The summed E-state index contributed by atoms with van der Waals surface area (Å²) in [7, 11) is 4.61. The summed E-state index contributed by atoms with van der Waals surface area (Å²) in [6, 6.07) is 3.31. The zero-order valence-corrected chi connectivity index (χ0v) is 15.8. The molecule has 2 aromatic rings. The van der Waals surface area contributed by atoms with Gasteiger partial charge >= 0.3 is 0 Å². The van der Waals surface area contributed by atoms with Gasteiger partial charge in [0.05, 0.1) is 33.4 Å². The summed E-state index contributed by atoms with van der Waals surface area (Å²) in [5.74, 6) is 3.11. The van der Waals surface area contributed by atoms with Crippen LogP contribution in [0.25, 0.3) is 0 Å². The highest BCUT2D eigenvalue weighted by Gasteiger charge is 2.29. The first-order valence-electron chi connectivity index (χ1n) is 8.56. The van der Waals surface area contributed by atoms with Crippen LogP contribution in [0.4, 0.5) is 0 Å². The fraction of sp³-hybridized carbons (Fsp3) is 0.474. The van der Waals surface area contributed by atoms with Gasteiger partial charge in [0.25, 0.3) is 5.91 Å². The number of hydrogen-bond donors (Lipinski definition) is 0. The van der Waals surface area contributed by atoms with Crippen LogP contribution in [0.1, 0.15) is 47.5 Å². The maximum Gasteiger partial charge on any atom is 0.258 e. The Morgan fingerprint density at radius 2 is 1.77 bits per heavy atom. The molecule has 1 aliphatic heterocycles. The molecule has 0 fully saturated rings. The summed E-state index contributed by atoms with van der Waals surface area (Å²) in [5, 5.41) is 0. The van der Waals surface area contributed by atoms with E-state index in [-0.39, 0.29) is 11.8 Å². The number of hydrogen-bond acceptors (Lipinski definition) is 6. The quantitative estimate of drug-likeness (QED) is 0.816. The zero-order valence-electron chi connectivity index (χ0n) is 15.8. The monoisotopic (exact) mass is 360 g/mol. The van der Waals surface area contributed by atoms with Crippen LogP contribution >= 0.6 is 0 Å². The molecule has 1 aliphatic rings. The number of aromatic nitrogens is 1. The van der Waals surface area contributed by atoms with E-state index in [0.717, 1.165) is 11.5 Å². The molecule has 2 heterocycles. The van der Waals surface area contributed by atoms with Gasteiger partial charge in [0.1, 0.15) is 17.2 Å². The van der Waals surface area contributed by atoms with Gasteiger partial charge in [-0.25, -0.2) is 4.98 Å². The molecule has 0 unspecified atom stereocenters. The highest BCUT2D eigenvalue weighted by molar-refractivity contribution is 5.98. The van der Waals surface area contributed by atoms with Gasteiger partial charge in [-0.1, -0.05) is 13.8 Å². The number of methoxy groups -OCH3 is 3. The van der Waals surface area contributed by atoms with E-state index in [1.54, 1.807) is 24.1 Å². The summed E-state index contributed by atoms with van der Waals surface area (Å²) >= 11 is 0. The summed E-state index contributed by atoms with van der Waals surface area (Å²) in [6.45, 7) is 5.06. The largest absolute Gasteiger partial charge is 0.496 e. The van der Waals surface area contributed by atoms with Crippen LogP contribution in [-0.4, -0.2) is 43.7 Å². The minimum absolute atomic E-state index is 0.137. The van der Waals surface area contributed by atoms with E-state index < -0.39 is 0 Å². The number of rotatable bonds is 5. The molecule has 0 bridgehead atoms. The third kappa shape index (κ3) is 3.21. The van der Waals surface area contributed by atoms with Crippen LogP contribution in [-0.2, 0) is 13.0 Å². The number of ether oxygens (including phenoxy) is 3. The second-order valence-electron chi connectivity index (χ2n) is 6.46. The van der Waals surface area contributed by atoms with Crippen LogP contribution in [0, 0.1) is 0 Å². The Morgan fingerprint density at radius 1 is 1.12 bits per heavy atom. The van der Waals surface area contributed by atoms with Crippen LogP contribution in [0.5, 0.6) is 17.2 Å². The van der Waals surface area contributed by atoms with Crippen LogP contribution in [0.3, 0.4) is 0 Å². The van der Waals surface area contributed by atoms with E-state index in [1.807, 2.05) is 13.8 Å². The molecule has 1 aromatic carbocycles. The first-order valence-corrected chi connectivity index (χ1v) is 8.56. The Hall–Kier alpha value is -2.70. The molecule has 7 nitrogen and oxygen atoms in total. The maximum absolute atomic E-state index is 13.1. The van der Waals surface area contributed by atoms with Crippen molar-refractivity contribution in [1.82, 2.24) is 9.88 Å². The smallest absolute Gasteiger partial charge is 0.258 e. The fourth-order valence-electron chi connectivity index (χ4n) is 3.01. The molecule has 140 valence electrons. The van der Waals surface area contributed by atoms with Gasteiger partial charge < -0.3 is 23.5 Å². The highest BCUT2D eigenvalue weighted by Crippen LogP contribution is 2.36. The first-order chi connectivity index (χ1) is 12.5. The van der Waals surface area contributed by atoms with E-state index >= 15 is 0 Å². The Morgan fingerprint density at radius 3 is 2.38 bits per heavy atom. The van der Waals surface area contributed by atoms with E-state index in [0.29, 0.717) is 48.2 Å². The van der Waals surface area contributed by atoms with Crippen molar-refractivity contribution in [2.75, 3.05) is 27.9 Å². The van der Waals surface area contributed by atoms with E-state index in [2.05, 4.69) is 4.98 Å². The third-order valence-electron chi connectivity index (χ3n) is 4.46. The molecule has 3 rings (SSSR count). The predicted octanol–water partition coefficient (Wildman–Crippen LogP) is 3.02. The molecule has 0 N–H and O–H groups in total. The molecule has 0 aliphatic carbocycles. The maximum atomic E-state index is 13.1. The topological polar surface area (TPSA) is 74.0 Å². The van der Waals surface area contributed by atoms with Crippen molar-refractivity contribution < 1.29 is 23.4 Å². The van der Waals surface area contributed by atoms with Gasteiger partial charge in [0.2, 0.25) is 0 Å². The third-order valence-corrected chi connectivity index (χ3v) is 4.46. The molecule has 1 aromatic heterocycles. The molecule has 0 atom stereocenters. The second-order valence-corrected chi connectivity index (χ2v) is 6.46. The summed E-state index contributed by atoms with van der Waals surface area (Å²) in [4.78, 5) is 19.4. The van der Waals surface area contributed by atoms with Gasteiger partial charge in [-0.05, 0) is 0 Å². The minimum atomic E-state index is -0.137. The number of fused-ring (bicyclic) bond motifs is 1. The van der Waals surface area contributed by atoms with Crippen LogP contribution in [0.15, 0.2) is 16.5 Å². The second kappa shape index (κ2) is 7.27. The molecule has 1 amide bonds. The molecule has 7 heteroatoms. The van der Waals surface area contributed by atoms with Gasteiger partial charge in [-0.3, -0.25) is 4.79 Å². The van der Waals surface area contributed by atoms with Gasteiger partial charge in [-0.2, -0.15) is 0 Å². The normalized spacial score (nSPS) is 13.5. The van der Waals surface area contributed by atoms with E-state index in [1.165, 1.54) is 14.2 Å². The molecule has 0 saturated carbocycles. The van der Waals surface area contributed by atoms with Gasteiger partial charge in [-0.15, -0.1) is 0 Å². The Kier molecular flexibility index (Phi) is 5.06. The lowest BCUT2D eigenvalue weighted by molar-refractivity contribution is 0.0724. The van der Waals surface area contributed by atoms with Crippen LogP contribution < -0.4 is 14.2 Å². The van der Waals surface area contributed by atoms with Crippen molar-refractivity contribution in [2.45, 2.75) is 32.7 Å². The van der Waals surface area contributed by atoms with E-state index in [9.17, 15) is 4.79 Å². The number of amides is 1. The minimum Gasteiger partial charge on any atom is -0.496 e. The Labute approximate surface area is 152 Å². The number of oxazole rings is 1. The lowest BCUT2D eigenvalue weighted by Crippen LogP contribution is -2.36. The summed E-state index contributed by atoms with van der Waals surface area (Å²) in [5.41, 5.74) is 1.26. The van der Waals surface area contributed by atoms with Gasteiger partial charge in [0.15, 0.2) is 17.4 Å². The Balaban J connectivity index is 1.89. The Bertz CT molecular complexity index is 813. The fourth-order valence-corrected chi connectivity index (χ4v) is 3.01. The molecule has 26 heavy (non-hydrogen) atoms. The SMILES string of the molecule is COc1cc(OC)c(C(=O)N2CCc3oc(C(C)C)nc3C2)cc1OC. The molecule has 0 spiro atoms. The van der Waals surface area contributed by atoms with Gasteiger partial charge in [0, 0.05) is 31.0 Å². The van der Waals surface area contributed by atoms with Crippen molar-refractivity contribution >= 4 is 5.91 Å². The summed E-state index contributed by atoms with van der Waals surface area (Å²) in [6.07, 6.45) is 0.649. The van der Waals surface area contributed by atoms with Crippen molar-refractivity contribution in [3.05, 3.63) is 35.0 Å². The molecular formula is C19H24N2O5. The molecule has 0 radical (unpaired) electrons. The number of carbonyl (C=O) groups is 1. The number of carbonyl (C=O) groups excluding carboxylic acids is 1. The number of benzene rings is 1. The van der Waals surface area contributed by atoms with Crippen molar-refractivity contribution in [2.24, 2.45) is 0 Å². The lowest BCUT2D eigenvalue weighted by Gasteiger charge is -2.26. The van der Waals surface area contributed by atoms with Crippen molar-refractivity contribution in [3.8, 4) is 17.2 Å². The average Bonchev–Trinajstić information content (AvgIpc) is 3.09. The average molecular weight is 360 g/mol. The lowest BCUT2D eigenvalue weighted by atomic mass is 10.1. The summed E-state index contributed by atoms with van der Waals surface area (Å²) < 4.78 is 21.8. The first kappa shape index (κ1) is 18.1. The molecular weight excluding hydrogens is 336 g/mol. The standard InChI is InChI=1S/C19H24N2O5/c1-11(2)18-20-13-10-21(7-6-14(13)26-18)19(22)12-8-16(24-4)17(25-5)9-15(12)23-3/h8-9,11H,6-7,10H2,1-5H3. The van der Waals surface area contributed by atoms with Crippen molar-refractivity contribution in [1.29, 1.82) is 0 Å².